The number of amides is 1. The Morgan fingerprint density at radius 1 is 1.37 bits per heavy atom. The second-order valence-corrected chi connectivity index (χ2v) is 6.64. The Morgan fingerprint density at radius 2 is 2.19 bits per heavy atom. The normalized spacial score (nSPS) is 17.4. The van der Waals surface area contributed by atoms with E-state index in [1.165, 1.54) is 6.07 Å². The van der Waals surface area contributed by atoms with Crippen LogP contribution in [0.3, 0.4) is 0 Å². The SMILES string of the molecule is CC[C@H]1CN(C(=O)c2cc(-c3ccccc3F)nc3onc(C)c23)CCO1. The molecule has 0 aliphatic carbocycles. The van der Waals surface area contributed by atoms with Crippen molar-refractivity contribution in [2.45, 2.75) is 26.4 Å². The number of halogens is 1. The van der Waals surface area contributed by atoms with Crippen LogP contribution < -0.4 is 0 Å². The van der Waals surface area contributed by atoms with Gasteiger partial charge in [0.15, 0.2) is 0 Å². The van der Waals surface area contributed by atoms with Crippen LogP contribution in [-0.2, 0) is 4.74 Å². The number of hydrogen-bond donors (Lipinski definition) is 0. The smallest absolute Gasteiger partial charge is 0.259 e. The third kappa shape index (κ3) is 3.19. The first-order valence-electron chi connectivity index (χ1n) is 9.01. The highest BCUT2D eigenvalue weighted by Gasteiger charge is 2.28. The fraction of sp³-hybridized carbons (Fsp3) is 0.350. The van der Waals surface area contributed by atoms with Gasteiger partial charge in [-0.05, 0) is 31.5 Å². The molecule has 6 nitrogen and oxygen atoms in total. The maximum atomic E-state index is 14.3. The molecule has 1 fully saturated rings. The number of morpholine rings is 1. The first-order chi connectivity index (χ1) is 13.1. The minimum Gasteiger partial charge on any atom is -0.375 e. The van der Waals surface area contributed by atoms with E-state index >= 15 is 0 Å². The van der Waals surface area contributed by atoms with Crippen LogP contribution in [0.1, 0.15) is 29.4 Å². The fourth-order valence-corrected chi connectivity index (χ4v) is 3.39. The van der Waals surface area contributed by atoms with Crippen molar-refractivity contribution in [3.63, 3.8) is 0 Å². The van der Waals surface area contributed by atoms with Crippen molar-refractivity contribution in [2.24, 2.45) is 0 Å². The maximum absolute atomic E-state index is 14.3. The first kappa shape index (κ1) is 17.6. The number of carbonyl (C=O) groups excluding carboxylic acids is 1. The molecule has 2 aromatic heterocycles. The lowest BCUT2D eigenvalue weighted by atomic mass is 10.0. The minimum atomic E-state index is -0.406. The summed E-state index contributed by atoms with van der Waals surface area (Å²) >= 11 is 0. The molecule has 3 heterocycles. The Morgan fingerprint density at radius 3 is 2.96 bits per heavy atom. The van der Waals surface area contributed by atoms with Crippen molar-refractivity contribution < 1.29 is 18.4 Å². The first-order valence-corrected chi connectivity index (χ1v) is 9.01. The van der Waals surface area contributed by atoms with Gasteiger partial charge in [-0.2, -0.15) is 0 Å². The van der Waals surface area contributed by atoms with E-state index in [0.717, 1.165) is 6.42 Å². The van der Waals surface area contributed by atoms with E-state index in [2.05, 4.69) is 10.1 Å². The van der Waals surface area contributed by atoms with E-state index in [9.17, 15) is 9.18 Å². The zero-order chi connectivity index (χ0) is 19.0. The second-order valence-electron chi connectivity index (χ2n) is 6.64. The standard InChI is InChI=1S/C20H20FN3O3/c1-3-13-11-24(8-9-26-13)20(25)15-10-17(14-6-4-5-7-16(14)21)22-19-18(15)12(2)23-27-19/h4-7,10,13H,3,8-9,11H2,1-2H3/t13-/m0/s1. The number of hydrogen-bond acceptors (Lipinski definition) is 5. The molecule has 0 saturated carbocycles. The van der Waals surface area contributed by atoms with E-state index in [0.29, 0.717) is 47.6 Å². The number of aromatic nitrogens is 2. The number of fused-ring (bicyclic) bond motifs is 1. The molecule has 1 atom stereocenters. The third-order valence-corrected chi connectivity index (χ3v) is 4.88. The zero-order valence-corrected chi connectivity index (χ0v) is 15.2. The van der Waals surface area contributed by atoms with E-state index in [1.807, 2.05) is 6.92 Å². The van der Waals surface area contributed by atoms with Crippen molar-refractivity contribution in [1.82, 2.24) is 15.0 Å². The highest BCUT2D eigenvalue weighted by Crippen LogP contribution is 2.29. The molecular weight excluding hydrogens is 349 g/mol. The van der Waals surface area contributed by atoms with Crippen molar-refractivity contribution >= 4 is 17.0 Å². The molecular formula is C20H20FN3O3. The number of aryl methyl sites for hydroxylation is 1. The van der Waals surface area contributed by atoms with Gasteiger partial charge in [-0.3, -0.25) is 4.79 Å². The van der Waals surface area contributed by atoms with Crippen molar-refractivity contribution in [1.29, 1.82) is 0 Å². The molecule has 1 amide bonds. The second kappa shape index (κ2) is 7.08. The molecule has 0 unspecified atom stereocenters. The number of benzene rings is 1. The maximum Gasteiger partial charge on any atom is 0.259 e. The molecule has 4 rings (SSSR count). The molecule has 140 valence electrons. The quantitative estimate of drug-likeness (QED) is 0.706. The lowest BCUT2D eigenvalue weighted by Gasteiger charge is -2.32. The van der Waals surface area contributed by atoms with Gasteiger partial charge in [0.05, 0.1) is 35.0 Å². The average Bonchev–Trinajstić information content (AvgIpc) is 3.08. The van der Waals surface area contributed by atoms with Crippen LogP contribution in [0.25, 0.3) is 22.4 Å². The van der Waals surface area contributed by atoms with E-state index in [4.69, 9.17) is 9.26 Å². The molecule has 1 saturated heterocycles. The van der Waals surface area contributed by atoms with E-state index < -0.39 is 5.82 Å². The zero-order valence-electron chi connectivity index (χ0n) is 15.2. The Hall–Kier alpha value is -2.80. The van der Waals surface area contributed by atoms with Gasteiger partial charge in [0, 0.05) is 18.7 Å². The van der Waals surface area contributed by atoms with Gasteiger partial charge in [-0.25, -0.2) is 9.37 Å². The van der Waals surface area contributed by atoms with Crippen molar-refractivity contribution in [2.75, 3.05) is 19.7 Å². The summed E-state index contributed by atoms with van der Waals surface area (Å²) in [6.07, 6.45) is 0.858. The Bertz CT molecular complexity index is 1000. The summed E-state index contributed by atoms with van der Waals surface area (Å²) in [5, 5.41) is 4.51. The highest BCUT2D eigenvalue weighted by molar-refractivity contribution is 6.07. The number of carbonyl (C=O) groups is 1. The predicted octanol–water partition coefficient (Wildman–Crippen LogP) is 3.59. The minimum absolute atomic E-state index is 0.0228. The molecule has 3 aromatic rings. The van der Waals surface area contributed by atoms with Gasteiger partial charge in [0.2, 0.25) is 0 Å². The molecule has 0 radical (unpaired) electrons. The molecule has 1 aliphatic rings. The van der Waals surface area contributed by atoms with Crippen LogP contribution in [-0.4, -0.2) is 46.7 Å². The van der Waals surface area contributed by atoms with E-state index in [1.54, 1.807) is 36.1 Å². The summed E-state index contributed by atoms with van der Waals surface area (Å²) in [6, 6.07) is 7.96. The topological polar surface area (TPSA) is 68.5 Å². The Balaban J connectivity index is 1.82. The lowest BCUT2D eigenvalue weighted by Crippen LogP contribution is -2.45. The summed E-state index contributed by atoms with van der Waals surface area (Å²) < 4.78 is 25.2. The third-order valence-electron chi connectivity index (χ3n) is 4.88. The summed E-state index contributed by atoms with van der Waals surface area (Å²) in [5.74, 6) is -0.551. The average molecular weight is 369 g/mol. The van der Waals surface area contributed by atoms with Crippen molar-refractivity contribution in [3.05, 3.63) is 47.4 Å². The molecule has 1 aliphatic heterocycles. The monoisotopic (exact) mass is 369 g/mol. The number of pyridine rings is 1. The van der Waals surface area contributed by atoms with Gasteiger partial charge in [-0.15, -0.1) is 0 Å². The van der Waals surface area contributed by atoms with Crippen LogP contribution in [0.4, 0.5) is 4.39 Å². The molecule has 0 N–H and O–H groups in total. The summed E-state index contributed by atoms with van der Waals surface area (Å²) in [5.41, 5.74) is 1.91. The Labute approximate surface area is 155 Å². The lowest BCUT2D eigenvalue weighted by molar-refractivity contribution is -0.0225. The molecule has 0 spiro atoms. The van der Waals surface area contributed by atoms with Gasteiger partial charge in [0.25, 0.3) is 11.6 Å². The molecule has 27 heavy (non-hydrogen) atoms. The van der Waals surface area contributed by atoms with Crippen LogP contribution >= 0.6 is 0 Å². The largest absolute Gasteiger partial charge is 0.375 e. The number of rotatable bonds is 3. The fourth-order valence-electron chi connectivity index (χ4n) is 3.39. The number of ether oxygens (including phenoxy) is 1. The van der Waals surface area contributed by atoms with Crippen LogP contribution in [0, 0.1) is 12.7 Å². The van der Waals surface area contributed by atoms with Gasteiger partial charge >= 0.3 is 0 Å². The molecule has 7 heteroatoms. The van der Waals surface area contributed by atoms with E-state index in [-0.39, 0.29) is 17.7 Å². The van der Waals surface area contributed by atoms with Crippen LogP contribution in [0.5, 0.6) is 0 Å². The summed E-state index contributed by atoms with van der Waals surface area (Å²) in [4.78, 5) is 19.4. The molecule has 0 bridgehead atoms. The summed E-state index contributed by atoms with van der Waals surface area (Å²) in [7, 11) is 0. The van der Waals surface area contributed by atoms with Gasteiger partial charge < -0.3 is 14.2 Å². The highest BCUT2D eigenvalue weighted by atomic mass is 19.1. The van der Waals surface area contributed by atoms with Gasteiger partial charge in [0.1, 0.15) is 5.82 Å². The summed E-state index contributed by atoms with van der Waals surface area (Å²) in [6.45, 7) is 5.34. The van der Waals surface area contributed by atoms with Crippen LogP contribution in [0.15, 0.2) is 34.9 Å². The number of nitrogens with zero attached hydrogens (tertiary/aromatic N) is 3. The van der Waals surface area contributed by atoms with Crippen molar-refractivity contribution in [3.8, 4) is 11.3 Å². The predicted molar refractivity (Wildman–Crippen MR) is 97.9 cm³/mol. The van der Waals surface area contributed by atoms with Gasteiger partial charge in [-0.1, -0.05) is 24.2 Å². The Kier molecular flexibility index (Phi) is 4.61. The van der Waals surface area contributed by atoms with Crippen LogP contribution in [0.2, 0.25) is 0 Å². The molecule has 1 aromatic carbocycles.